The monoisotopic (exact) mass is 304 g/mol. The highest BCUT2D eigenvalue weighted by Crippen LogP contribution is 2.22. The number of halogens is 1. The molecular weight excluding hydrogens is 292 g/mol. The predicted molar refractivity (Wildman–Crippen MR) is 67.3 cm³/mol. The molecule has 1 N–H and O–H groups in total. The second-order valence-electron chi connectivity index (χ2n) is 3.03. The number of rotatable bonds is 8. The third-order valence-corrected chi connectivity index (χ3v) is 2.16. The van der Waals surface area contributed by atoms with Gasteiger partial charge < -0.3 is 4.74 Å². The third-order valence-electron chi connectivity index (χ3n) is 1.83. The molecule has 0 aromatic heterocycles. The molecule has 0 aliphatic carbocycles. The number of anilines is 1. The van der Waals surface area contributed by atoms with Crippen LogP contribution in [0.25, 0.3) is 0 Å². The Hall–Kier alpha value is -1.18. The highest BCUT2D eigenvalue weighted by molar-refractivity contribution is 9.09. The lowest BCUT2D eigenvalue weighted by atomic mass is 10.3. The lowest BCUT2D eigenvalue weighted by Crippen LogP contribution is -2.10. The SMILES string of the molecule is O=[N+]([O-])c1ccccc1NOCCOCCBr. The van der Waals surface area contributed by atoms with Crippen LogP contribution in [0.2, 0.25) is 0 Å². The minimum atomic E-state index is -0.465. The summed E-state index contributed by atoms with van der Waals surface area (Å²) in [6.45, 7) is 1.35. The van der Waals surface area contributed by atoms with Gasteiger partial charge in [0.1, 0.15) is 5.69 Å². The quantitative estimate of drug-likeness (QED) is 0.345. The van der Waals surface area contributed by atoms with Crippen molar-refractivity contribution in [2.45, 2.75) is 0 Å². The molecule has 0 saturated heterocycles. The summed E-state index contributed by atoms with van der Waals surface area (Å²) >= 11 is 3.22. The molecule has 0 spiro atoms. The van der Waals surface area contributed by atoms with Crippen LogP contribution in [0.15, 0.2) is 24.3 Å². The molecule has 0 bridgehead atoms. The van der Waals surface area contributed by atoms with Gasteiger partial charge in [-0.05, 0) is 6.07 Å². The number of para-hydroxylation sites is 2. The first-order valence-electron chi connectivity index (χ1n) is 5.00. The van der Waals surface area contributed by atoms with Crippen LogP contribution >= 0.6 is 15.9 Å². The van der Waals surface area contributed by atoms with E-state index in [1.807, 2.05) is 0 Å². The minimum Gasteiger partial charge on any atom is -0.378 e. The fraction of sp³-hybridized carbons (Fsp3) is 0.400. The van der Waals surface area contributed by atoms with Crippen molar-refractivity contribution < 1.29 is 14.5 Å². The largest absolute Gasteiger partial charge is 0.378 e. The summed E-state index contributed by atoms with van der Waals surface area (Å²) in [6, 6.07) is 6.28. The van der Waals surface area contributed by atoms with Crippen LogP contribution in [-0.2, 0) is 9.57 Å². The van der Waals surface area contributed by atoms with Gasteiger partial charge in [0.2, 0.25) is 0 Å². The van der Waals surface area contributed by atoms with E-state index < -0.39 is 4.92 Å². The van der Waals surface area contributed by atoms with Crippen molar-refractivity contribution in [2.75, 3.05) is 30.6 Å². The summed E-state index contributed by atoms with van der Waals surface area (Å²) in [6.07, 6.45) is 0. The van der Waals surface area contributed by atoms with Gasteiger partial charge in [-0.25, -0.2) is 0 Å². The number of nitro benzene ring substituents is 1. The van der Waals surface area contributed by atoms with Gasteiger partial charge in [-0.2, -0.15) is 0 Å². The first kappa shape index (κ1) is 13.9. The number of hydrogen-bond donors (Lipinski definition) is 1. The second kappa shape index (κ2) is 7.99. The van der Waals surface area contributed by atoms with Crippen molar-refractivity contribution in [1.82, 2.24) is 0 Å². The molecule has 7 heteroatoms. The van der Waals surface area contributed by atoms with Crippen LogP contribution in [-0.4, -0.2) is 30.1 Å². The Morgan fingerprint density at radius 3 is 2.76 bits per heavy atom. The number of nitrogens with zero attached hydrogens (tertiary/aromatic N) is 1. The summed E-state index contributed by atoms with van der Waals surface area (Å²) < 4.78 is 5.15. The van der Waals surface area contributed by atoms with Gasteiger partial charge >= 0.3 is 0 Å². The van der Waals surface area contributed by atoms with Crippen LogP contribution in [0.3, 0.4) is 0 Å². The van der Waals surface area contributed by atoms with E-state index in [1.165, 1.54) is 6.07 Å². The molecule has 0 aliphatic heterocycles. The lowest BCUT2D eigenvalue weighted by molar-refractivity contribution is -0.384. The molecule has 17 heavy (non-hydrogen) atoms. The normalized spacial score (nSPS) is 10.2. The highest BCUT2D eigenvalue weighted by atomic mass is 79.9. The number of hydrogen-bond acceptors (Lipinski definition) is 5. The summed E-state index contributed by atoms with van der Waals surface area (Å²) in [5.41, 5.74) is 2.85. The highest BCUT2D eigenvalue weighted by Gasteiger charge is 2.11. The van der Waals surface area contributed by atoms with Gasteiger partial charge in [0.25, 0.3) is 5.69 Å². The topological polar surface area (TPSA) is 73.6 Å². The van der Waals surface area contributed by atoms with E-state index in [0.29, 0.717) is 25.5 Å². The van der Waals surface area contributed by atoms with E-state index >= 15 is 0 Å². The van der Waals surface area contributed by atoms with E-state index in [1.54, 1.807) is 18.2 Å². The van der Waals surface area contributed by atoms with Crippen molar-refractivity contribution in [3.8, 4) is 0 Å². The molecule has 0 unspecified atom stereocenters. The van der Waals surface area contributed by atoms with E-state index in [-0.39, 0.29) is 5.69 Å². The first-order valence-corrected chi connectivity index (χ1v) is 6.12. The number of nitrogens with one attached hydrogen (secondary N) is 1. The number of nitro groups is 1. The molecular formula is C10H13BrN2O4. The van der Waals surface area contributed by atoms with Crippen LogP contribution in [0.1, 0.15) is 0 Å². The molecule has 0 heterocycles. The lowest BCUT2D eigenvalue weighted by Gasteiger charge is -2.07. The Labute approximate surface area is 107 Å². The van der Waals surface area contributed by atoms with Crippen LogP contribution in [0.4, 0.5) is 11.4 Å². The zero-order valence-corrected chi connectivity index (χ0v) is 10.7. The standard InChI is InChI=1S/C10H13BrN2O4/c11-5-6-16-7-8-17-12-9-3-1-2-4-10(9)13(14)15/h1-4,12H,5-8H2. The third kappa shape index (κ3) is 5.12. The molecule has 0 fully saturated rings. The van der Waals surface area contributed by atoms with E-state index in [9.17, 15) is 10.1 Å². The maximum atomic E-state index is 10.7. The van der Waals surface area contributed by atoms with Gasteiger partial charge in [-0.3, -0.25) is 20.4 Å². The maximum Gasteiger partial charge on any atom is 0.294 e. The fourth-order valence-corrected chi connectivity index (χ4v) is 1.33. The molecule has 0 aliphatic rings. The number of ether oxygens (including phenoxy) is 1. The molecule has 0 amide bonds. The van der Waals surface area contributed by atoms with Crippen molar-refractivity contribution in [3.63, 3.8) is 0 Å². The summed E-state index contributed by atoms with van der Waals surface area (Å²) in [5.74, 6) is 0. The molecule has 0 radical (unpaired) electrons. The summed E-state index contributed by atoms with van der Waals surface area (Å²) in [4.78, 5) is 15.3. The molecule has 0 saturated carbocycles. The van der Waals surface area contributed by atoms with Crippen molar-refractivity contribution in [2.24, 2.45) is 0 Å². The van der Waals surface area contributed by atoms with Crippen molar-refractivity contribution >= 4 is 27.3 Å². The van der Waals surface area contributed by atoms with Crippen molar-refractivity contribution in [3.05, 3.63) is 34.4 Å². The van der Waals surface area contributed by atoms with E-state index in [4.69, 9.17) is 9.57 Å². The second-order valence-corrected chi connectivity index (χ2v) is 3.82. The van der Waals surface area contributed by atoms with Gasteiger partial charge in [0.05, 0.1) is 24.7 Å². The molecule has 1 rings (SSSR count). The molecule has 94 valence electrons. The van der Waals surface area contributed by atoms with Gasteiger partial charge in [-0.15, -0.1) is 0 Å². The van der Waals surface area contributed by atoms with E-state index in [2.05, 4.69) is 21.4 Å². The van der Waals surface area contributed by atoms with Crippen LogP contribution in [0.5, 0.6) is 0 Å². The smallest absolute Gasteiger partial charge is 0.294 e. The fourth-order valence-electron chi connectivity index (χ4n) is 1.11. The Morgan fingerprint density at radius 2 is 2.06 bits per heavy atom. The molecule has 0 atom stereocenters. The maximum absolute atomic E-state index is 10.7. The molecule has 1 aromatic carbocycles. The van der Waals surface area contributed by atoms with Crippen LogP contribution < -0.4 is 5.48 Å². The Kier molecular flexibility index (Phi) is 6.53. The number of alkyl halides is 1. The van der Waals surface area contributed by atoms with Crippen molar-refractivity contribution in [1.29, 1.82) is 0 Å². The predicted octanol–water partition coefficient (Wildman–Crippen LogP) is 2.35. The average molecular weight is 305 g/mol. The van der Waals surface area contributed by atoms with Gasteiger partial charge in [0.15, 0.2) is 0 Å². The first-order chi connectivity index (χ1) is 8.25. The van der Waals surface area contributed by atoms with Gasteiger partial charge in [0, 0.05) is 11.4 Å². The zero-order valence-electron chi connectivity index (χ0n) is 9.10. The Bertz CT molecular complexity index is 362. The van der Waals surface area contributed by atoms with Crippen LogP contribution in [0, 0.1) is 10.1 Å². The molecule has 1 aromatic rings. The van der Waals surface area contributed by atoms with Gasteiger partial charge in [-0.1, -0.05) is 28.1 Å². The summed E-state index contributed by atoms with van der Waals surface area (Å²) in [7, 11) is 0. The number of benzene rings is 1. The zero-order chi connectivity index (χ0) is 12.5. The Morgan fingerprint density at radius 1 is 1.29 bits per heavy atom. The van der Waals surface area contributed by atoms with E-state index in [0.717, 1.165) is 5.33 Å². The average Bonchev–Trinajstić information content (AvgIpc) is 2.34. The Balaban J connectivity index is 2.34. The summed E-state index contributed by atoms with van der Waals surface area (Å²) in [5, 5.41) is 11.4. The molecule has 6 nitrogen and oxygen atoms in total. The minimum absolute atomic E-state index is 0.0196.